The molecule has 0 bridgehead atoms. The third kappa shape index (κ3) is 4.28. The number of carbonyl (C=O) groups is 3. The van der Waals surface area contributed by atoms with Gasteiger partial charge in [0.2, 0.25) is 0 Å². The molecule has 0 atom stereocenters. The second kappa shape index (κ2) is 7.17. The fourth-order valence-electron chi connectivity index (χ4n) is 1.81. The Morgan fingerprint density at radius 1 is 0.955 bits per heavy atom. The summed E-state index contributed by atoms with van der Waals surface area (Å²) in [6.45, 7) is 1.34. The van der Waals surface area contributed by atoms with E-state index in [9.17, 15) is 14.4 Å². The fourth-order valence-corrected chi connectivity index (χ4v) is 1.81. The quantitative estimate of drug-likeness (QED) is 0.877. The van der Waals surface area contributed by atoms with Crippen molar-refractivity contribution in [2.75, 3.05) is 6.61 Å². The Labute approximate surface area is 127 Å². The average Bonchev–Trinajstić information content (AvgIpc) is 2.53. The van der Waals surface area contributed by atoms with E-state index in [2.05, 4.69) is 5.32 Å². The molecule has 0 fully saturated rings. The number of aryl methyl sites for hydroxylation is 1. The van der Waals surface area contributed by atoms with Gasteiger partial charge in [-0.15, -0.1) is 0 Å². The molecule has 0 spiro atoms. The Bertz CT molecular complexity index is 695. The minimum Gasteiger partial charge on any atom is -0.452 e. The minimum atomic E-state index is -0.671. The van der Waals surface area contributed by atoms with Crippen LogP contribution in [0.3, 0.4) is 0 Å². The normalized spacial score (nSPS) is 9.86. The lowest BCUT2D eigenvalue weighted by molar-refractivity contribution is -0.123. The van der Waals surface area contributed by atoms with Gasteiger partial charge >= 0.3 is 5.97 Å². The van der Waals surface area contributed by atoms with Crippen molar-refractivity contribution < 1.29 is 19.1 Å². The molecule has 0 saturated carbocycles. The number of hydrogen-bond donors (Lipinski definition) is 1. The van der Waals surface area contributed by atoms with Crippen LogP contribution in [-0.2, 0) is 9.53 Å². The van der Waals surface area contributed by atoms with Crippen molar-refractivity contribution in [2.24, 2.45) is 0 Å². The molecule has 112 valence electrons. The number of imide groups is 1. The first kappa shape index (κ1) is 15.4. The van der Waals surface area contributed by atoms with E-state index >= 15 is 0 Å². The van der Waals surface area contributed by atoms with E-state index in [0.717, 1.165) is 5.56 Å². The standard InChI is InChI=1S/C17H15NO4/c1-12-6-5-9-14(10-12)17(21)22-11-15(19)18-16(20)13-7-3-2-4-8-13/h2-10H,11H2,1H3,(H,18,19,20). The summed E-state index contributed by atoms with van der Waals surface area (Å²) in [4.78, 5) is 35.1. The van der Waals surface area contributed by atoms with E-state index in [0.29, 0.717) is 11.1 Å². The Kier molecular flexibility index (Phi) is 5.03. The number of carbonyl (C=O) groups excluding carboxylic acids is 3. The number of amides is 2. The van der Waals surface area contributed by atoms with Crippen LogP contribution in [0.25, 0.3) is 0 Å². The molecule has 0 saturated heterocycles. The number of esters is 1. The van der Waals surface area contributed by atoms with Gasteiger partial charge in [0, 0.05) is 5.56 Å². The maximum Gasteiger partial charge on any atom is 0.338 e. The van der Waals surface area contributed by atoms with Crippen LogP contribution in [0.1, 0.15) is 26.3 Å². The summed E-state index contributed by atoms with van der Waals surface area (Å²) >= 11 is 0. The summed E-state index contributed by atoms with van der Waals surface area (Å²) in [7, 11) is 0. The van der Waals surface area contributed by atoms with Crippen LogP contribution >= 0.6 is 0 Å². The summed E-state index contributed by atoms with van der Waals surface area (Å²) in [6, 6.07) is 15.2. The maximum absolute atomic E-state index is 11.8. The van der Waals surface area contributed by atoms with E-state index < -0.39 is 24.4 Å². The van der Waals surface area contributed by atoms with Gasteiger partial charge in [0.15, 0.2) is 6.61 Å². The molecular formula is C17H15NO4. The van der Waals surface area contributed by atoms with E-state index in [4.69, 9.17) is 4.74 Å². The topological polar surface area (TPSA) is 72.5 Å². The van der Waals surface area contributed by atoms with Gasteiger partial charge in [0.25, 0.3) is 11.8 Å². The summed E-state index contributed by atoms with van der Waals surface area (Å²) < 4.78 is 4.88. The molecule has 2 amide bonds. The maximum atomic E-state index is 11.8. The van der Waals surface area contributed by atoms with Crippen molar-refractivity contribution >= 4 is 17.8 Å². The highest BCUT2D eigenvalue weighted by Crippen LogP contribution is 2.05. The zero-order valence-corrected chi connectivity index (χ0v) is 12.0. The molecule has 0 aliphatic carbocycles. The smallest absolute Gasteiger partial charge is 0.338 e. The Balaban J connectivity index is 1.85. The molecule has 5 heteroatoms. The zero-order valence-electron chi connectivity index (χ0n) is 12.0. The monoisotopic (exact) mass is 297 g/mol. The lowest BCUT2D eigenvalue weighted by atomic mass is 10.1. The zero-order chi connectivity index (χ0) is 15.9. The van der Waals surface area contributed by atoms with E-state index in [1.807, 2.05) is 13.0 Å². The van der Waals surface area contributed by atoms with Crippen molar-refractivity contribution in [3.8, 4) is 0 Å². The third-order valence-electron chi connectivity index (χ3n) is 2.88. The fraction of sp³-hybridized carbons (Fsp3) is 0.118. The molecule has 2 rings (SSSR count). The first-order chi connectivity index (χ1) is 10.6. The van der Waals surface area contributed by atoms with Crippen molar-refractivity contribution in [1.29, 1.82) is 0 Å². The summed E-state index contributed by atoms with van der Waals surface area (Å²) in [5.74, 6) is -1.81. The van der Waals surface area contributed by atoms with Crippen LogP contribution in [0.5, 0.6) is 0 Å². The van der Waals surface area contributed by atoms with Crippen LogP contribution in [0.4, 0.5) is 0 Å². The highest BCUT2D eigenvalue weighted by atomic mass is 16.5. The molecular weight excluding hydrogens is 282 g/mol. The van der Waals surface area contributed by atoms with Gasteiger partial charge in [-0.3, -0.25) is 14.9 Å². The molecule has 1 N–H and O–H groups in total. The molecule has 0 aromatic heterocycles. The predicted octanol–water partition coefficient (Wildman–Crippen LogP) is 2.11. The molecule has 5 nitrogen and oxygen atoms in total. The first-order valence-corrected chi connectivity index (χ1v) is 6.69. The van der Waals surface area contributed by atoms with Crippen molar-refractivity contribution in [3.63, 3.8) is 0 Å². The van der Waals surface area contributed by atoms with Crippen LogP contribution < -0.4 is 5.32 Å². The molecule has 2 aromatic carbocycles. The van der Waals surface area contributed by atoms with E-state index in [1.165, 1.54) is 0 Å². The van der Waals surface area contributed by atoms with Crippen molar-refractivity contribution in [2.45, 2.75) is 6.92 Å². The SMILES string of the molecule is Cc1cccc(C(=O)OCC(=O)NC(=O)c2ccccc2)c1. The molecule has 0 radical (unpaired) electrons. The second-order valence-electron chi connectivity index (χ2n) is 4.69. The number of rotatable bonds is 4. The number of benzene rings is 2. The minimum absolute atomic E-state index is 0.362. The van der Waals surface area contributed by atoms with E-state index in [-0.39, 0.29) is 0 Å². The number of nitrogens with one attached hydrogen (secondary N) is 1. The highest BCUT2D eigenvalue weighted by molar-refractivity contribution is 6.05. The summed E-state index contributed by atoms with van der Waals surface area (Å²) in [5.41, 5.74) is 1.64. The van der Waals surface area contributed by atoms with Crippen LogP contribution in [0, 0.1) is 6.92 Å². The van der Waals surface area contributed by atoms with Crippen LogP contribution in [0.2, 0.25) is 0 Å². The molecule has 22 heavy (non-hydrogen) atoms. The largest absolute Gasteiger partial charge is 0.452 e. The Morgan fingerprint density at radius 3 is 2.32 bits per heavy atom. The number of ether oxygens (including phenoxy) is 1. The van der Waals surface area contributed by atoms with E-state index in [1.54, 1.807) is 48.5 Å². The number of hydrogen-bond acceptors (Lipinski definition) is 4. The van der Waals surface area contributed by atoms with Gasteiger partial charge in [-0.25, -0.2) is 4.79 Å². The van der Waals surface area contributed by atoms with Gasteiger partial charge in [0.1, 0.15) is 0 Å². The van der Waals surface area contributed by atoms with Gasteiger partial charge in [0.05, 0.1) is 5.56 Å². The highest BCUT2D eigenvalue weighted by Gasteiger charge is 2.13. The summed E-state index contributed by atoms with van der Waals surface area (Å²) in [5, 5.41) is 2.16. The van der Waals surface area contributed by atoms with Crippen LogP contribution in [0.15, 0.2) is 54.6 Å². The Morgan fingerprint density at radius 2 is 1.64 bits per heavy atom. The lowest BCUT2D eigenvalue weighted by Gasteiger charge is -2.06. The lowest BCUT2D eigenvalue weighted by Crippen LogP contribution is -2.34. The van der Waals surface area contributed by atoms with Crippen molar-refractivity contribution in [1.82, 2.24) is 5.32 Å². The predicted molar refractivity (Wildman–Crippen MR) is 80.4 cm³/mol. The summed E-state index contributed by atoms with van der Waals surface area (Å²) in [6.07, 6.45) is 0. The molecule has 0 unspecified atom stereocenters. The average molecular weight is 297 g/mol. The van der Waals surface area contributed by atoms with Gasteiger partial charge in [-0.2, -0.15) is 0 Å². The first-order valence-electron chi connectivity index (χ1n) is 6.69. The van der Waals surface area contributed by atoms with Crippen LogP contribution in [-0.4, -0.2) is 24.4 Å². The molecule has 0 aliphatic rings. The molecule has 0 heterocycles. The van der Waals surface area contributed by atoms with Crippen molar-refractivity contribution in [3.05, 3.63) is 71.3 Å². The van der Waals surface area contributed by atoms with Gasteiger partial charge in [-0.05, 0) is 31.2 Å². The molecule has 0 aliphatic heterocycles. The Hall–Kier alpha value is -2.95. The molecule has 2 aromatic rings. The van der Waals surface area contributed by atoms with Gasteiger partial charge in [-0.1, -0.05) is 35.9 Å². The van der Waals surface area contributed by atoms with Gasteiger partial charge < -0.3 is 4.74 Å². The second-order valence-corrected chi connectivity index (χ2v) is 4.69. The third-order valence-corrected chi connectivity index (χ3v) is 2.88.